The Morgan fingerprint density at radius 3 is 2.95 bits per heavy atom. The molecule has 1 aromatic carbocycles. The zero-order valence-electron chi connectivity index (χ0n) is 11.6. The molecule has 0 amide bonds. The van der Waals surface area contributed by atoms with Gasteiger partial charge in [0.1, 0.15) is 18.9 Å². The molecule has 2 aromatic rings. The van der Waals surface area contributed by atoms with E-state index in [1.54, 1.807) is 4.57 Å². The van der Waals surface area contributed by atoms with Crippen LogP contribution in [0.25, 0.3) is 0 Å². The number of fused-ring (bicyclic) bond motifs is 1. The van der Waals surface area contributed by atoms with Crippen molar-refractivity contribution in [3.63, 3.8) is 0 Å². The average Bonchev–Trinajstić information content (AvgIpc) is 2.90. The van der Waals surface area contributed by atoms with E-state index in [-0.39, 0.29) is 17.9 Å². The van der Waals surface area contributed by atoms with E-state index in [0.717, 1.165) is 5.56 Å². The Balaban J connectivity index is 1.61. The molecule has 21 heavy (non-hydrogen) atoms. The zero-order valence-corrected chi connectivity index (χ0v) is 11.6. The van der Waals surface area contributed by atoms with E-state index in [1.807, 2.05) is 31.2 Å². The van der Waals surface area contributed by atoms with Crippen molar-refractivity contribution in [1.82, 2.24) is 9.55 Å². The summed E-state index contributed by atoms with van der Waals surface area (Å²) in [6.45, 7) is 3.37. The van der Waals surface area contributed by atoms with E-state index in [9.17, 15) is 10.1 Å². The summed E-state index contributed by atoms with van der Waals surface area (Å²) >= 11 is 0. The fourth-order valence-electron chi connectivity index (χ4n) is 2.16. The molecule has 0 aliphatic carbocycles. The van der Waals surface area contributed by atoms with Crippen LogP contribution in [0.1, 0.15) is 11.1 Å². The van der Waals surface area contributed by atoms with Gasteiger partial charge in [-0.15, -0.1) is 0 Å². The Hall–Kier alpha value is -2.41. The van der Waals surface area contributed by atoms with Crippen LogP contribution in [0.5, 0.6) is 6.01 Å². The van der Waals surface area contributed by atoms with Gasteiger partial charge in [-0.2, -0.15) is 0 Å². The lowest BCUT2D eigenvalue weighted by molar-refractivity contribution is -0.389. The first kappa shape index (κ1) is 13.6. The number of aryl methyl sites for hydroxylation is 1. The molecule has 1 atom stereocenters. The zero-order chi connectivity index (χ0) is 14.8. The molecule has 0 fully saturated rings. The first-order valence-electron chi connectivity index (χ1n) is 6.63. The fraction of sp³-hybridized carbons (Fsp3) is 0.357. The largest absolute Gasteiger partial charge is 0.443 e. The fourth-order valence-corrected chi connectivity index (χ4v) is 2.16. The molecule has 1 aliphatic heterocycles. The van der Waals surface area contributed by atoms with Crippen LogP contribution in [-0.2, 0) is 17.9 Å². The van der Waals surface area contributed by atoms with Crippen molar-refractivity contribution in [2.45, 2.75) is 26.2 Å². The highest BCUT2D eigenvalue weighted by atomic mass is 16.6. The summed E-state index contributed by atoms with van der Waals surface area (Å²) in [6, 6.07) is 8.39. The van der Waals surface area contributed by atoms with Crippen molar-refractivity contribution >= 4 is 5.82 Å². The monoisotopic (exact) mass is 289 g/mol. The maximum absolute atomic E-state index is 10.7. The van der Waals surface area contributed by atoms with Gasteiger partial charge in [0.05, 0.1) is 13.2 Å². The summed E-state index contributed by atoms with van der Waals surface area (Å²) < 4.78 is 12.8. The van der Waals surface area contributed by atoms with Crippen LogP contribution in [0.3, 0.4) is 0 Å². The lowest BCUT2D eigenvalue weighted by atomic mass is 10.2. The Morgan fingerprint density at radius 2 is 2.24 bits per heavy atom. The molecule has 1 aromatic heterocycles. The van der Waals surface area contributed by atoms with Gasteiger partial charge in [-0.05, 0) is 17.4 Å². The molecule has 0 bridgehead atoms. The van der Waals surface area contributed by atoms with Gasteiger partial charge < -0.3 is 19.6 Å². The SMILES string of the molecule is Cc1ccc(COC2COc3nc([N+](=O)[O-])cn3C2)cc1. The van der Waals surface area contributed by atoms with Crippen LogP contribution < -0.4 is 4.74 Å². The summed E-state index contributed by atoms with van der Waals surface area (Å²) in [7, 11) is 0. The van der Waals surface area contributed by atoms with E-state index in [2.05, 4.69) is 4.98 Å². The Labute approximate surface area is 121 Å². The topological polar surface area (TPSA) is 79.4 Å². The maximum Gasteiger partial charge on any atom is 0.414 e. The highest BCUT2D eigenvalue weighted by Crippen LogP contribution is 2.22. The highest BCUT2D eigenvalue weighted by Gasteiger charge is 2.28. The average molecular weight is 289 g/mol. The van der Waals surface area contributed by atoms with Crippen molar-refractivity contribution in [2.75, 3.05) is 6.61 Å². The van der Waals surface area contributed by atoms with Crippen LogP contribution in [0, 0.1) is 17.0 Å². The number of ether oxygens (including phenoxy) is 2. The van der Waals surface area contributed by atoms with E-state index >= 15 is 0 Å². The number of imidazole rings is 1. The summed E-state index contributed by atoms with van der Waals surface area (Å²) in [6.07, 6.45) is 1.23. The molecule has 0 radical (unpaired) electrons. The van der Waals surface area contributed by atoms with E-state index in [4.69, 9.17) is 9.47 Å². The molecule has 0 saturated carbocycles. The molecule has 3 rings (SSSR count). The number of nitrogens with zero attached hydrogens (tertiary/aromatic N) is 3. The number of rotatable bonds is 4. The van der Waals surface area contributed by atoms with Crippen molar-refractivity contribution < 1.29 is 14.4 Å². The first-order valence-corrected chi connectivity index (χ1v) is 6.63. The van der Waals surface area contributed by atoms with Crippen LogP contribution >= 0.6 is 0 Å². The summed E-state index contributed by atoms with van der Waals surface area (Å²) in [5, 5.41) is 10.7. The van der Waals surface area contributed by atoms with Crippen molar-refractivity contribution in [1.29, 1.82) is 0 Å². The standard InChI is InChI=1S/C14H15N3O4/c1-10-2-4-11(5-3-10)8-20-12-6-16-7-13(17(18)19)15-14(16)21-9-12/h2-5,7,12H,6,8-9H2,1H3. The predicted molar refractivity (Wildman–Crippen MR) is 74.1 cm³/mol. The Morgan fingerprint density at radius 1 is 1.48 bits per heavy atom. The minimum atomic E-state index is -0.531. The van der Waals surface area contributed by atoms with E-state index in [1.165, 1.54) is 11.8 Å². The van der Waals surface area contributed by atoms with Crippen molar-refractivity contribution in [2.24, 2.45) is 0 Å². The van der Waals surface area contributed by atoms with Gasteiger partial charge >= 0.3 is 11.8 Å². The third kappa shape index (κ3) is 3.03. The van der Waals surface area contributed by atoms with Crippen molar-refractivity contribution in [3.8, 4) is 6.01 Å². The molecule has 0 spiro atoms. The second kappa shape index (κ2) is 5.53. The first-order chi connectivity index (χ1) is 10.1. The van der Waals surface area contributed by atoms with Crippen LogP contribution in [-0.4, -0.2) is 27.2 Å². The molecular weight excluding hydrogens is 274 g/mol. The second-order valence-electron chi connectivity index (χ2n) is 5.02. The lowest BCUT2D eigenvalue weighted by Crippen LogP contribution is -2.32. The van der Waals surface area contributed by atoms with Gasteiger partial charge in [-0.3, -0.25) is 4.57 Å². The molecule has 7 nitrogen and oxygen atoms in total. The van der Waals surface area contributed by atoms with Crippen LogP contribution in [0.2, 0.25) is 0 Å². The van der Waals surface area contributed by atoms with Gasteiger partial charge in [-0.1, -0.05) is 29.8 Å². The van der Waals surface area contributed by atoms with Crippen LogP contribution in [0.15, 0.2) is 30.5 Å². The second-order valence-corrected chi connectivity index (χ2v) is 5.02. The molecule has 2 heterocycles. The minimum absolute atomic E-state index is 0.146. The molecule has 1 unspecified atom stereocenters. The number of hydrogen-bond donors (Lipinski definition) is 0. The maximum atomic E-state index is 10.7. The lowest BCUT2D eigenvalue weighted by Gasteiger charge is -2.22. The number of aromatic nitrogens is 2. The predicted octanol–water partition coefficient (Wildman–Crippen LogP) is 2.08. The third-order valence-corrected chi connectivity index (χ3v) is 3.32. The quantitative estimate of drug-likeness (QED) is 0.636. The van der Waals surface area contributed by atoms with E-state index in [0.29, 0.717) is 19.8 Å². The Bertz CT molecular complexity index is 651. The molecule has 110 valence electrons. The third-order valence-electron chi connectivity index (χ3n) is 3.32. The highest BCUT2D eigenvalue weighted by molar-refractivity contribution is 5.22. The summed E-state index contributed by atoms with van der Waals surface area (Å²) in [5.41, 5.74) is 2.29. The van der Waals surface area contributed by atoms with Gasteiger partial charge in [0.25, 0.3) is 0 Å². The molecular formula is C14H15N3O4. The van der Waals surface area contributed by atoms with Gasteiger partial charge in [0.2, 0.25) is 0 Å². The van der Waals surface area contributed by atoms with Gasteiger partial charge in [0.15, 0.2) is 0 Å². The Kier molecular flexibility index (Phi) is 3.57. The smallest absolute Gasteiger partial charge is 0.414 e. The number of hydrogen-bond acceptors (Lipinski definition) is 5. The number of nitro groups is 1. The molecule has 0 N–H and O–H groups in total. The molecule has 0 saturated heterocycles. The normalized spacial score (nSPS) is 17.1. The van der Waals surface area contributed by atoms with Crippen LogP contribution in [0.4, 0.5) is 5.82 Å². The molecule has 7 heteroatoms. The summed E-state index contributed by atoms with van der Waals surface area (Å²) in [4.78, 5) is 13.9. The van der Waals surface area contributed by atoms with Crippen molar-refractivity contribution in [3.05, 3.63) is 51.7 Å². The van der Waals surface area contributed by atoms with E-state index < -0.39 is 4.92 Å². The molecule has 1 aliphatic rings. The van der Waals surface area contributed by atoms with Gasteiger partial charge in [-0.25, -0.2) is 0 Å². The number of benzene rings is 1. The van der Waals surface area contributed by atoms with Gasteiger partial charge in [0, 0.05) is 4.98 Å². The minimum Gasteiger partial charge on any atom is -0.443 e. The summed E-state index contributed by atoms with van der Waals surface area (Å²) in [5.74, 6) is -0.204.